The molecule has 3 heteroatoms. The van der Waals surface area contributed by atoms with E-state index in [1.165, 1.54) is 50.5 Å². The number of aliphatic hydroxyl groups is 1. The van der Waals surface area contributed by atoms with Crippen molar-refractivity contribution in [2.24, 2.45) is 0 Å². The van der Waals surface area contributed by atoms with Gasteiger partial charge in [-0.1, -0.05) is 88.6 Å². The third kappa shape index (κ3) is 8.66. The van der Waals surface area contributed by atoms with Crippen LogP contribution in [0.3, 0.4) is 0 Å². The summed E-state index contributed by atoms with van der Waals surface area (Å²) in [6.45, 7) is 3.51. The highest BCUT2D eigenvalue weighted by Crippen LogP contribution is 2.25. The van der Waals surface area contributed by atoms with Gasteiger partial charge in [0.05, 0.1) is 31.5 Å². The quantitative estimate of drug-likeness (QED) is 0.435. The molecule has 1 N–H and O–H groups in total. The molecule has 26 heavy (non-hydrogen) atoms. The smallest absolute Gasteiger partial charge is 0.0839 e. The Morgan fingerprint density at radius 1 is 1.00 bits per heavy atom. The number of rotatable bonds is 14. The minimum absolute atomic E-state index is 0.00452. The van der Waals surface area contributed by atoms with Gasteiger partial charge in [0.1, 0.15) is 0 Å². The van der Waals surface area contributed by atoms with Crippen molar-refractivity contribution in [2.45, 2.75) is 102 Å². The predicted molar refractivity (Wildman–Crippen MR) is 107 cm³/mol. The van der Waals surface area contributed by atoms with E-state index in [0.29, 0.717) is 13.2 Å². The van der Waals surface area contributed by atoms with Gasteiger partial charge in [-0.05, 0) is 24.8 Å². The van der Waals surface area contributed by atoms with Crippen LogP contribution in [0.1, 0.15) is 83.1 Å². The van der Waals surface area contributed by atoms with Crippen molar-refractivity contribution in [3.8, 4) is 0 Å². The molecule has 2 rings (SSSR count). The lowest BCUT2D eigenvalue weighted by Gasteiger charge is -2.19. The molecule has 1 aromatic carbocycles. The third-order valence-electron chi connectivity index (χ3n) is 5.34. The molecule has 1 heterocycles. The first-order valence-corrected chi connectivity index (χ1v) is 10.7. The van der Waals surface area contributed by atoms with Crippen molar-refractivity contribution in [3.63, 3.8) is 0 Å². The Bertz CT molecular complexity index is 448. The lowest BCUT2D eigenvalue weighted by molar-refractivity contribution is -0.0650. The van der Waals surface area contributed by atoms with Crippen molar-refractivity contribution in [1.82, 2.24) is 0 Å². The van der Waals surface area contributed by atoms with E-state index in [0.717, 1.165) is 25.7 Å². The van der Waals surface area contributed by atoms with E-state index < -0.39 is 0 Å². The number of unbranched alkanes of at least 4 members (excludes halogenated alkanes) is 7. The van der Waals surface area contributed by atoms with Crippen LogP contribution in [-0.4, -0.2) is 30.0 Å². The summed E-state index contributed by atoms with van der Waals surface area (Å²) < 4.78 is 11.8. The van der Waals surface area contributed by atoms with Crippen molar-refractivity contribution in [3.05, 3.63) is 35.9 Å². The third-order valence-corrected chi connectivity index (χ3v) is 5.34. The van der Waals surface area contributed by atoms with E-state index in [-0.39, 0.29) is 18.3 Å². The number of benzene rings is 1. The number of hydrogen-bond acceptors (Lipinski definition) is 3. The Labute approximate surface area is 160 Å². The van der Waals surface area contributed by atoms with Gasteiger partial charge in [0, 0.05) is 0 Å². The van der Waals surface area contributed by atoms with Crippen molar-refractivity contribution in [1.29, 1.82) is 0 Å². The molecular formula is C23H38O3. The molecule has 0 aliphatic carbocycles. The van der Waals surface area contributed by atoms with Crippen LogP contribution < -0.4 is 0 Å². The summed E-state index contributed by atoms with van der Waals surface area (Å²) in [5.41, 5.74) is 1.19. The molecule has 1 aromatic rings. The summed E-state index contributed by atoms with van der Waals surface area (Å²) in [7, 11) is 0. The molecule has 0 spiro atoms. The molecule has 148 valence electrons. The topological polar surface area (TPSA) is 38.7 Å². The second kappa shape index (κ2) is 13.3. The van der Waals surface area contributed by atoms with Gasteiger partial charge in [-0.25, -0.2) is 0 Å². The Morgan fingerprint density at radius 2 is 1.69 bits per heavy atom. The number of hydrogen-bond donors (Lipinski definition) is 1. The van der Waals surface area contributed by atoms with E-state index in [4.69, 9.17) is 9.47 Å². The maximum absolute atomic E-state index is 10.4. The molecule has 0 radical (unpaired) electrons. The van der Waals surface area contributed by atoms with Crippen LogP contribution in [0, 0.1) is 0 Å². The van der Waals surface area contributed by atoms with Gasteiger partial charge >= 0.3 is 0 Å². The summed E-state index contributed by atoms with van der Waals surface area (Å²) >= 11 is 0. The Kier molecular flexibility index (Phi) is 10.9. The average Bonchev–Trinajstić information content (AvgIpc) is 3.14. The first-order chi connectivity index (χ1) is 12.8. The first kappa shape index (κ1) is 21.4. The van der Waals surface area contributed by atoms with Crippen LogP contribution in [0.15, 0.2) is 30.3 Å². The minimum Gasteiger partial charge on any atom is -0.390 e. The van der Waals surface area contributed by atoms with Gasteiger partial charge in [-0.2, -0.15) is 0 Å². The summed E-state index contributed by atoms with van der Waals surface area (Å²) in [6, 6.07) is 10.2. The van der Waals surface area contributed by atoms with Crippen LogP contribution in [0.2, 0.25) is 0 Å². The Balaban J connectivity index is 1.48. The molecule has 0 unspecified atom stereocenters. The van der Waals surface area contributed by atoms with E-state index >= 15 is 0 Å². The van der Waals surface area contributed by atoms with E-state index in [1.54, 1.807) is 0 Å². The van der Waals surface area contributed by atoms with Crippen molar-refractivity contribution in [2.75, 3.05) is 6.61 Å². The fraction of sp³-hybridized carbons (Fsp3) is 0.739. The van der Waals surface area contributed by atoms with Crippen LogP contribution in [-0.2, 0) is 16.1 Å². The molecule has 0 saturated carbocycles. The predicted octanol–water partition coefficient (Wildman–Crippen LogP) is 5.64. The largest absolute Gasteiger partial charge is 0.390 e. The van der Waals surface area contributed by atoms with E-state index in [1.807, 2.05) is 18.2 Å². The van der Waals surface area contributed by atoms with Gasteiger partial charge in [0.2, 0.25) is 0 Å². The number of ether oxygens (including phenoxy) is 2. The molecule has 1 aliphatic heterocycles. The first-order valence-electron chi connectivity index (χ1n) is 10.7. The molecule has 1 aliphatic rings. The Hall–Kier alpha value is -0.900. The average molecular weight is 363 g/mol. The zero-order chi connectivity index (χ0) is 18.5. The van der Waals surface area contributed by atoms with Gasteiger partial charge < -0.3 is 14.6 Å². The molecule has 3 atom stereocenters. The highest BCUT2D eigenvalue weighted by Gasteiger charge is 2.30. The van der Waals surface area contributed by atoms with Crippen LogP contribution in [0.4, 0.5) is 0 Å². The molecule has 0 aromatic heterocycles. The van der Waals surface area contributed by atoms with E-state index in [2.05, 4.69) is 19.1 Å². The van der Waals surface area contributed by atoms with Crippen LogP contribution in [0.5, 0.6) is 0 Å². The lowest BCUT2D eigenvalue weighted by atomic mass is 10.0. The molecule has 1 fully saturated rings. The summed E-state index contributed by atoms with van der Waals surface area (Å²) in [5.74, 6) is 0. The highest BCUT2D eigenvalue weighted by molar-refractivity contribution is 5.13. The zero-order valence-electron chi connectivity index (χ0n) is 16.6. The maximum atomic E-state index is 10.4. The minimum atomic E-state index is -0.311. The summed E-state index contributed by atoms with van der Waals surface area (Å²) in [4.78, 5) is 0. The second-order valence-electron chi connectivity index (χ2n) is 7.71. The molecule has 0 bridgehead atoms. The van der Waals surface area contributed by atoms with Crippen molar-refractivity contribution < 1.29 is 14.6 Å². The van der Waals surface area contributed by atoms with Crippen molar-refractivity contribution >= 4 is 0 Å². The van der Waals surface area contributed by atoms with Gasteiger partial charge in [-0.3, -0.25) is 0 Å². The fourth-order valence-electron chi connectivity index (χ4n) is 3.69. The van der Waals surface area contributed by atoms with Crippen LogP contribution >= 0.6 is 0 Å². The molecule has 1 saturated heterocycles. The molecule has 0 amide bonds. The van der Waals surface area contributed by atoms with Gasteiger partial charge in [0.25, 0.3) is 0 Å². The molecular weight excluding hydrogens is 324 g/mol. The summed E-state index contributed by atoms with van der Waals surface area (Å²) in [6.07, 6.45) is 13.1. The standard InChI is InChI=1S/C23H38O3/c1-2-3-4-5-6-7-8-12-15-22(24)23-17-16-21(26-23)19-25-18-20-13-10-9-11-14-20/h9-11,13-14,21-24H,2-8,12,15-19H2,1H3/t21-,22+,23+/m0/s1. The summed E-state index contributed by atoms with van der Waals surface area (Å²) in [5, 5.41) is 10.4. The normalized spacial score (nSPS) is 21.2. The fourth-order valence-corrected chi connectivity index (χ4v) is 3.69. The van der Waals surface area contributed by atoms with Crippen LogP contribution in [0.25, 0.3) is 0 Å². The van der Waals surface area contributed by atoms with E-state index in [9.17, 15) is 5.11 Å². The maximum Gasteiger partial charge on any atom is 0.0839 e. The Morgan fingerprint density at radius 3 is 2.42 bits per heavy atom. The van der Waals surface area contributed by atoms with Gasteiger partial charge in [0.15, 0.2) is 0 Å². The molecule has 3 nitrogen and oxygen atoms in total. The van der Waals surface area contributed by atoms with Gasteiger partial charge in [-0.15, -0.1) is 0 Å². The highest BCUT2D eigenvalue weighted by atomic mass is 16.5. The monoisotopic (exact) mass is 362 g/mol. The SMILES string of the molecule is CCCCCCCCCC[C@@H](O)[C@H]1CC[C@@H](COCc2ccccc2)O1. The second-order valence-corrected chi connectivity index (χ2v) is 7.71. The lowest BCUT2D eigenvalue weighted by Crippen LogP contribution is -2.27. The number of aliphatic hydroxyl groups excluding tert-OH is 1. The zero-order valence-corrected chi connectivity index (χ0v) is 16.6.